The molecule has 0 aliphatic carbocycles. The summed E-state index contributed by atoms with van der Waals surface area (Å²) in [6.45, 7) is 3.29. The lowest BCUT2D eigenvalue weighted by Crippen LogP contribution is -2.47. The lowest BCUT2D eigenvalue weighted by molar-refractivity contribution is -0.125. The van der Waals surface area contributed by atoms with E-state index in [-0.39, 0.29) is 18.4 Å². The van der Waals surface area contributed by atoms with Crippen LogP contribution in [0.2, 0.25) is 0 Å². The van der Waals surface area contributed by atoms with Gasteiger partial charge in [0.15, 0.2) is 5.76 Å². The molecule has 0 bridgehead atoms. The summed E-state index contributed by atoms with van der Waals surface area (Å²) in [4.78, 5) is 26.8. The number of carbonyl (C=O) groups excluding carboxylic acids is 2. The predicted molar refractivity (Wildman–Crippen MR) is 84.3 cm³/mol. The fourth-order valence-electron chi connectivity index (χ4n) is 2.77. The van der Waals surface area contributed by atoms with Crippen molar-refractivity contribution in [3.8, 4) is 0 Å². The Morgan fingerprint density at radius 2 is 2.29 bits per heavy atom. The normalized spacial score (nSPS) is 16.8. The molecule has 0 unspecified atom stereocenters. The Kier molecular flexibility index (Phi) is 4.66. The first-order valence-electron chi connectivity index (χ1n) is 7.74. The average Bonchev–Trinajstić information content (AvgIpc) is 3.21. The number of nitrogens with zero attached hydrogens (tertiary/aromatic N) is 3. The molecule has 1 aliphatic heterocycles. The van der Waals surface area contributed by atoms with Crippen molar-refractivity contribution in [2.75, 3.05) is 26.8 Å². The smallest absolute Gasteiger partial charge is 0.290 e. The third-order valence-corrected chi connectivity index (χ3v) is 4.05. The Morgan fingerprint density at radius 3 is 3.00 bits per heavy atom. The first-order valence-corrected chi connectivity index (χ1v) is 7.74. The van der Waals surface area contributed by atoms with E-state index >= 15 is 0 Å². The van der Waals surface area contributed by atoms with Gasteiger partial charge >= 0.3 is 0 Å². The van der Waals surface area contributed by atoms with Gasteiger partial charge in [0.2, 0.25) is 5.91 Å². The Hall–Kier alpha value is -2.61. The monoisotopic (exact) mass is 332 g/mol. The minimum absolute atomic E-state index is 0.189. The van der Waals surface area contributed by atoms with Crippen LogP contribution < -0.4 is 5.32 Å². The van der Waals surface area contributed by atoms with Gasteiger partial charge < -0.3 is 19.4 Å². The quantitative estimate of drug-likeness (QED) is 0.816. The SMILES string of the molecule is COCCNC(=O)[C@H]1CN(C(=O)c2occc2C)Cc2ccnn21. The number of rotatable bonds is 5. The van der Waals surface area contributed by atoms with Gasteiger partial charge in [-0.3, -0.25) is 14.3 Å². The molecule has 3 heterocycles. The second-order valence-electron chi connectivity index (χ2n) is 5.69. The van der Waals surface area contributed by atoms with Gasteiger partial charge in [0.05, 0.1) is 31.7 Å². The van der Waals surface area contributed by atoms with Crippen LogP contribution >= 0.6 is 0 Å². The second-order valence-corrected chi connectivity index (χ2v) is 5.69. The van der Waals surface area contributed by atoms with Crippen molar-refractivity contribution < 1.29 is 18.7 Å². The van der Waals surface area contributed by atoms with Crippen LogP contribution in [0.4, 0.5) is 0 Å². The molecule has 3 rings (SSSR count). The van der Waals surface area contributed by atoms with Crippen molar-refractivity contribution in [3.05, 3.63) is 41.6 Å². The van der Waals surface area contributed by atoms with Gasteiger partial charge in [-0.2, -0.15) is 5.10 Å². The van der Waals surface area contributed by atoms with E-state index in [1.54, 1.807) is 29.0 Å². The highest BCUT2D eigenvalue weighted by atomic mass is 16.5. The number of hydrogen-bond donors (Lipinski definition) is 1. The molecule has 1 atom stereocenters. The van der Waals surface area contributed by atoms with Crippen LogP contribution in [0.5, 0.6) is 0 Å². The van der Waals surface area contributed by atoms with Crippen LogP contribution in [0.15, 0.2) is 29.0 Å². The molecule has 2 aromatic rings. The molecule has 8 nitrogen and oxygen atoms in total. The minimum atomic E-state index is -0.570. The van der Waals surface area contributed by atoms with Gasteiger partial charge in [-0.15, -0.1) is 0 Å². The van der Waals surface area contributed by atoms with Crippen LogP contribution in [0.3, 0.4) is 0 Å². The summed E-state index contributed by atoms with van der Waals surface area (Å²) < 4.78 is 11.9. The maximum absolute atomic E-state index is 12.7. The van der Waals surface area contributed by atoms with Gasteiger partial charge in [0.25, 0.3) is 5.91 Å². The fraction of sp³-hybridized carbons (Fsp3) is 0.438. The standard InChI is InChI=1S/C16H20N4O4/c1-11-4-7-24-14(11)16(22)19-9-12-3-5-18-20(12)13(10-19)15(21)17-6-8-23-2/h3-5,7,13H,6,8-10H2,1-2H3,(H,17,21)/t13-/m1/s1. The summed E-state index contributed by atoms with van der Waals surface area (Å²) >= 11 is 0. The zero-order valence-corrected chi connectivity index (χ0v) is 13.7. The van der Waals surface area contributed by atoms with Crippen LogP contribution in [-0.2, 0) is 16.1 Å². The van der Waals surface area contributed by atoms with E-state index < -0.39 is 6.04 Å². The number of aryl methyl sites for hydroxylation is 1. The number of fused-ring (bicyclic) bond motifs is 1. The molecule has 0 spiro atoms. The molecular formula is C16H20N4O4. The van der Waals surface area contributed by atoms with Gasteiger partial charge in [-0.1, -0.05) is 0 Å². The number of ether oxygens (including phenoxy) is 1. The number of carbonyl (C=O) groups is 2. The summed E-state index contributed by atoms with van der Waals surface area (Å²) in [7, 11) is 1.57. The molecule has 8 heteroatoms. The molecule has 128 valence electrons. The molecule has 2 amide bonds. The van der Waals surface area contributed by atoms with Crippen LogP contribution in [0.25, 0.3) is 0 Å². The highest BCUT2D eigenvalue weighted by Crippen LogP contribution is 2.23. The van der Waals surface area contributed by atoms with Crippen molar-refractivity contribution in [1.82, 2.24) is 20.0 Å². The highest BCUT2D eigenvalue weighted by Gasteiger charge is 2.34. The fourth-order valence-corrected chi connectivity index (χ4v) is 2.77. The molecule has 2 aromatic heterocycles. The van der Waals surface area contributed by atoms with E-state index in [1.165, 1.54) is 6.26 Å². The third kappa shape index (κ3) is 3.05. The zero-order chi connectivity index (χ0) is 17.1. The van der Waals surface area contributed by atoms with E-state index in [2.05, 4.69) is 10.4 Å². The van der Waals surface area contributed by atoms with E-state index in [1.807, 2.05) is 13.0 Å². The van der Waals surface area contributed by atoms with Crippen LogP contribution in [0.1, 0.15) is 27.9 Å². The molecule has 1 aliphatic rings. The molecule has 1 N–H and O–H groups in total. The molecule has 0 radical (unpaired) electrons. The lowest BCUT2D eigenvalue weighted by Gasteiger charge is -2.32. The third-order valence-electron chi connectivity index (χ3n) is 4.05. The molecule has 0 saturated heterocycles. The van der Waals surface area contributed by atoms with E-state index in [0.29, 0.717) is 25.5 Å². The number of aromatic nitrogens is 2. The predicted octanol–water partition coefficient (Wildman–Crippen LogP) is 0.744. The summed E-state index contributed by atoms with van der Waals surface area (Å²) in [6.07, 6.45) is 3.13. The van der Waals surface area contributed by atoms with Crippen molar-refractivity contribution in [3.63, 3.8) is 0 Å². The molecule has 24 heavy (non-hydrogen) atoms. The maximum atomic E-state index is 12.7. The van der Waals surface area contributed by atoms with E-state index in [9.17, 15) is 9.59 Å². The number of nitrogens with one attached hydrogen (secondary N) is 1. The van der Waals surface area contributed by atoms with Gasteiger partial charge in [0, 0.05) is 25.4 Å². The molecule has 0 fully saturated rings. The lowest BCUT2D eigenvalue weighted by atomic mass is 10.1. The van der Waals surface area contributed by atoms with Gasteiger partial charge in [0.1, 0.15) is 6.04 Å². The van der Waals surface area contributed by atoms with Crippen molar-refractivity contribution in [2.45, 2.75) is 19.5 Å². The first kappa shape index (κ1) is 16.3. The van der Waals surface area contributed by atoms with Crippen molar-refractivity contribution in [1.29, 1.82) is 0 Å². The summed E-state index contributed by atoms with van der Waals surface area (Å²) in [6, 6.07) is 2.99. The summed E-state index contributed by atoms with van der Waals surface area (Å²) in [5.74, 6) is -0.105. The van der Waals surface area contributed by atoms with Crippen molar-refractivity contribution in [2.24, 2.45) is 0 Å². The number of hydrogen-bond acceptors (Lipinski definition) is 5. The Labute approximate surface area is 139 Å². The second kappa shape index (κ2) is 6.88. The Morgan fingerprint density at radius 1 is 1.46 bits per heavy atom. The Bertz CT molecular complexity index is 736. The zero-order valence-electron chi connectivity index (χ0n) is 13.7. The minimum Gasteiger partial charge on any atom is -0.459 e. The molecule has 0 aromatic carbocycles. The van der Waals surface area contributed by atoms with E-state index in [0.717, 1.165) is 11.3 Å². The number of furan rings is 1. The highest BCUT2D eigenvalue weighted by molar-refractivity contribution is 5.93. The summed E-state index contributed by atoms with van der Waals surface area (Å²) in [5, 5.41) is 7.03. The maximum Gasteiger partial charge on any atom is 0.290 e. The molecule has 0 saturated carbocycles. The van der Waals surface area contributed by atoms with Crippen molar-refractivity contribution >= 4 is 11.8 Å². The number of methoxy groups -OCH3 is 1. The largest absolute Gasteiger partial charge is 0.459 e. The van der Waals surface area contributed by atoms with Gasteiger partial charge in [-0.05, 0) is 19.1 Å². The molecular weight excluding hydrogens is 312 g/mol. The topological polar surface area (TPSA) is 89.6 Å². The van der Waals surface area contributed by atoms with E-state index in [4.69, 9.17) is 9.15 Å². The summed E-state index contributed by atoms with van der Waals surface area (Å²) in [5.41, 5.74) is 1.59. The van der Waals surface area contributed by atoms with Gasteiger partial charge in [-0.25, -0.2) is 0 Å². The average molecular weight is 332 g/mol. The number of amides is 2. The first-order chi connectivity index (χ1) is 11.6. The Balaban J connectivity index is 1.79. The van der Waals surface area contributed by atoms with Crippen LogP contribution in [-0.4, -0.2) is 53.3 Å². The van der Waals surface area contributed by atoms with Crippen LogP contribution in [0, 0.1) is 6.92 Å².